The van der Waals surface area contributed by atoms with Crippen LogP contribution in [0.3, 0.4) is 0 Å². The molecule has 1 N–H and O–H groups in total. The lowest BCUT2D eigenvalue weighted by Crippen LogP contribution is -2.22. The highest BCUT2D eigenvalue weighted by Gasteiger charge is 2.09. The quantitative estimate of drug-likeness (QED) is 0.923. The lowest BCUT2D eigenvalue weighted by molar-refractivity contribution is -0.118. The van der Waals surface area contributed by atoms with E-state index in [2.05, 4.69) is 5.32 Å². The van der Waals surface area contributed by atoms with E-state index in [9.17, 15) is 9.59 Å². The van der Waals surface area contributed by atoms with Crippen LogP contribution in [0, 0.1) is 6.92 Å². The molecule has 0 heterocycles. The van der Waals surface area contributed by atoms with Gasteiger partial charge in [-0.3, -0.25) is 9.59 Å². The second-order valence-corrected chi connectivity index (χ2v) is 5.38. The van der Waals surface area contributed by atoms with Gasteiger partial charge in [0.2, 0.25) is 0 Å². The van der Waals surface area contributed by atoms with Crippen molar-refractivity contribution in [2.75, 3.05) is 26.0 Å². The van der Waals surface area contributed by atoms with Gasteiger partial charge in [-0.05, 0) is 42.8 Å². The van der Waals surface area contributed by atoms with E-state index in [4.69, 9.17) is 4.74 Å². The molecule has 0 radical (unpaired) electrons. The Labute approximate surface area is 135 Å². The molecule has 0 aliphatic heterocycles. The maximum absolute atomic E-state index is 11.9. The van der Waals surface area contributed by atoms with Gasteiger partial charge in [0, 0.05) is 25.3 Å². The summed E-state index contributed by atoms with van der Waals surface area (Å²) in [5, 5.41) is 2.74. The highest BCUT2D eigenvalue weighted by atomic mass is 16.5. The smallest absolute Gasteiger partial charge is 0.262 e. The summed E-state index contributed by atoms with van der Waals surface area (Å²) < 4.78 is 5.49. The number of nitrogens with one attached hydrogen (secondary N) is 1. The molecular formula is C18H20N2O3. The van der Waals surface area contributed by atoms with Crippen LogP contribution >= 0.6 is 0 Å². The average molecular weight is 312 g/mol. The minimum Gasteiger partial charge on any atom is -0.483 e. The molecule has 5 heteroatoms. The second-order valence-electron chi connectivity index (χ2n) is 5.38. The molecule has 0 atom stereocenters. The Kier molecular flexibility index (Phi) is 5.36. The number of amides is 2. The standard InChI is InChI=1S/C18H20N2O3/c1-13-6-4-5-7-16(13)23-12-17(21)19-15-10-8-14(9-11-15)18(22)20(2)3/h4-11H,12H2,1-3H3,(H,19,21). The number of anilines is 1. The summed E-state index contributed by atoms with van der Waals surface area (Å²) in [5.74, 6) is 0.361. The third-order valence-corrected chi connectivity index (χ3v) is 3.27. The van der Waals surface area contributed by atoms with E-state index in [0.717, 1.165) is 5.56 Å². The van der Waals surface area contributed by atoms with Crippen LogP contribution in [-0.4, -0.2) is 37.4 Å². The van der Waals surface area contributed by atoms with E-state index in [-0.39, 0.29) is 18.4 Å². The summed E-state index contributed by atoms with van der Waals surface area (Å²) in [5.41, 5.74) is 2.18. The lowest BCUT2D eigenvalue weighted by atomic mass is 10.2. The van der Waals surface area contributed by atoms with Crippen LogP contribution in [-0.2, 0) is 4.79 Å². The van der Waals surface area contributed by atoms with Crippen molar-refractivity contribution >= 4 is 17.5 Å². The van der Waals surface area contributed by atoms with E-state index >= 15 is 0 Å². The molecular weight excluding hydrogens is 292 g/mol. The largest absolute Gasteiger partial charge is 0.483 e. The zero-order chi connectivity index (χ0) is 16.8. The van der Waals surface area contributed by atoms with Gasteiger partial charge in [-0.2, -0.15) is 0 Å². The highest BCUT2D eigenvalue weighted by molar-refractivity contribution is 5.95. The van der Waals surface area contributed by atoms with Gasteiger partial charge in [0.05, 0.1) is 0 Å². The molecule has 0 bridgehead atoms. The summed E-state index contributed by atoms with van der Waals surface area (Å²) in [6.45, 7) is 1.86. The van der Waals surface area contributed by atoms with Crippen molar-refractivity contribution in [2.24, 2.45) is 0 Å². The Morgan fingerprint density at radius 3 is 2.30 bits per heavy atom. The molecule has 23 heavy (non-hydrogen) atoms. The zero-order valence-corrected chi connectivity index (χ0v) is 13.5. The minimum absolute atomic E-state index is 0.0662. The first-order valence-corrected chi connectivity index (χ1v) is 7.27. The van der Waals surface area contributed by atoms with Crippen LogP contribution < -0.4 is 10.1 Å². The molecule has 2 rings (SSSR count). The molecule has 0 saturated carbocycles. The first-order valence-electron chi connectivity index (χ1n) is 7.27. The molecule has 2 aromatic rings. The Balaban J connectivity index is 1.90. The molecule has 0 aromatic heterocycles. The number of hydrogen-bond donors (Lipinski definition) is 1. The number of hydrogen-bond acceptors (Lipinski definition) is 3. The number of para-hydroxylation sites is 1. The summed E-state index contributed by atoms with van der Waals surface area (Å²) in [6.07, 6.45) is 0. The van der Waals surface area contributed by atoms with Crippen molar-refractivity contribution in [1.29, 1.82) is 0 Å². The fraction of sp³-hybridized carbons (Fsp3) is 0.222. The van der Waals surface area contributed by atoms with E-state index in [1.807, 2.05) is 31.2 Å². The highest BCUT2D eigenvalue weighted by Crippen LogP contribution is 2.16. The van der Waals surface area contributed by atoms with Crippen LogP contribution in [0.15, 0.2) is 48.5 Å². The average Bonchev–Trinajstić information content (AvgIpc) is 2.54. The lowest BCUT2D eigenvalue weighted by Gasteiger charge is -2.11. The molecule has 0 aliphatic rings. The van der Waals surface area contributed by atoms with Gasteiger partial charge < -0.3 is 15.0 Å². The first-order chi connectivity index (χ1) is 11.0. The van der Waals surface area contributed by atoms with E-state index in [1.165, 1.54) is 4.90 Å². The Morgan fingerprint density at radius 2 is 1.70 bits per heavy atom. The fourth-order valence-corrected chi connectivity index (χ4v) is 2.01. The van der Waals surface area contributed by atoms with Gasteiger partial charge in [-0.15, -0.1) is 0 Å². The minimum atomic E-state index is -0.250. The Morgan fingerprint density at radius 1 is 1.04 bits per heavy atom. The van der Waals surface area contributed by atoms with Crippen LogP contribution in [0.5, 0.6) is 5.75 Å². The van der Waals surface area contributed by atoms with Crippen molar-refractivity contribution in [1.82, 2.24) is 4.90 Å². The maximum Gasteiger partial charge on any atom is 0.262 e. The third-order valence-electron chi connectivity index (χ3n) is 3.27. The van der Waals surface area contributed by atoms with Crippen LogP contribution in [0.25, 0.3) is 0 Å². The number of ether oxygens (including phenoxy) is 1. The summed E-state index contributed by atoms with van der Waals surface area (Å²) in [7, 11) is 3.39. The monoisotopic (exact) mass is 312 g/mol. The number of nitrogens with zero attached hydrogens (tertiary/aromatic N) is 1. The van der Waals surface area contributed by atoms with Gasteiger partial charge in [0.15, 0.2) is 6.61 Å². The predicted octanol–water partition coefficient (Wildman–Crippen LogP) is 2.71. The van der Waals surface area contributed by atoms with Crippen molar-refractivity contribution in [3.63, 3.8) is 0 Å². The third kappa shape index (κ3) is 4.57. The summed E-state index contributed by atoms with van der Waals surface area (Å²) in [6, 6.07) is 14.3. The molecule has 0 spiro atoms. The first kappa shape index (κ1) is 16.5. The van der Waals surface area contributed by atoms with E-state index in [1.54, 1.807) is 38.4 Å². The van der Waals surface area contributed by atoms with Gasteiger partial charge in [0.25, 0.3) is 11.8 Å². The van der Waals surface area contributed by atoms with E-state index in [0.29, 0.717) is 17.0 Å². The molecule has 0 aliphatic carbocycles. The Bertz CT molecular complexity index is 694. The molecule has 0 fully saturated rings. The zero-order valence-electron chi connectivity index (χ0n) is 13.5. The van der Waals surface area contributed by atoms with Crippen molar-refractivity contribution in [3.05, 3.63) is 59.7 Å². The second kappa shape index (κ2) is 7.45. The van der Waals surface area contributed by atoms with Crippen molar-refractivity contribution < 1.29 is 14.3 Å². The normalized spacial score (nSPS) is 10.0. The van der Waals surface area contributed by atoms with E-state index < -0.39 is 0 Å². The van der Waals surface area contributed by atoms with Crippen LogP contribution in [0.4, 0.5) is 5.69 Å². The molecule has 5 nitrogen and oxygen atoms in total. The maximum atomic E-state index is 11.9. The van der Waals surface area contributed by atoms with Gasteiger partial charge in [0.1, 0.15) is 5.75 Å². The molecule has 2 amide bonds. The number of rotatable bonds is 5. The predicted molar refractivity (Wildman–Crippen MR) is 89.8 cm³/mol. The number of carbonyl (C=O) groups is 2. The number of aryl methyl sites for hydroxylation is 1. The van der Waals surface area contributed by atoms with Gasteiger partial charge >= 0.3 is 0 Å². The Hall–Kier alpha value is -2.82. The van der Waals surface area contributed by atoms with Crippen LogP contribution in [0.1, 0.15) is 15.9 Å². The number of carbonyl (C=O) groups excluding carboxylic acids is 2. The van der Waals surface area contributed by atoms with Gasteiger partial charge in [-0.25, -0.2) is 0 Å². The van der Waals surface area contributed by atoms with Gasteiger partial charge in [-0.1, -0.05) is 18.2 Å². The summed E-state index contributed by atoms with van der Waals surface area (Å²) >= 11 is 0. The van der Waals surface area contributed by atoms with Crippen molar-refractivity contribution in [3.8, 4) is 5.75 Å². The number of benzene rings is 2. The fourth-order valence-electron chi connectivity index (χ4n) is 2.01. The van der Waals surface area contributed by atoms with Crippen LogP contribution in [0.2, 0.25) is 0 Å². The molecule has 0 unspecified atom stereocenters. The van der Waals surface area contributed by atoms with Crippen molar-refractivity contribution in [2.45, 2.75) is 6.92 Å². The molecule has 0 saturated heterocycles. The summed E-state index contributed by atoms with van der Waals surface area (Å²) in [4.78, 5) is 25.2. The molecule has 120 valence electrons. The topological polar surface area (TPSA) is 58.6 Å². The molecule has 2 aromatic carbocycles. The SMILES string of the molecule is Cc1ccccc1OCC(=O)Nc1ccc(C(=O)N(C)C)cc1.